The van der Waals surface area contributed by atoms with Gasteiger partial charge in [0.05, 0.1) is 5.02 Å². The molecule has 2 rings (SSSR count). The lowest BCUT2D eigenvalue weighted by molar-refractivity contribution is 0.598. The number of hydrogen-bond acceptors (Lipinski definition) is 4. The first-order valence-corrected chi connectivity index (χ1v) is 7.97. The molecule has 0 saturated carbocycles. The minimum atomic E-state index is -3.95. The van der Waals surface area contributed by atoms with E-state index >= 15 is 0 Å². The average Bonchev–Trinajstić information content (AvgIpc) is 2.44. The Morgan fingerprint density at radius 3 is 2.62 bits per heavy atom. The molecule has 2 N–H and O–H groups in total. The molecule has 2 aromatic rings. The van der Waals surface area contributed by atoms with Crippen molar-refractivity contribution in [1.29, 1.82) is 0 Å². The van der Waals surface area contributed by atoms with Gasteiger partial charge in [0.25, 0.3) is 10.0 Å². The molecule has 21 heavy (non-hydrogen) atoms. The first kappa shape index (κ1) is 15.5. The van der Waals surface area contributed by atoms with Crippen molar-refractivity contribution >= 4 is 33.1 Å². The summed E-state index contributed by atoms with van der Waals surface area (Å²) in [6, 6.07) is 6.82. The van der Waals surface area contributed by atoms with Crippen LogP contribution >= 0.6 is 11.6 Å². The summed E-state index contributed by atoms with van der Waals surface area (Å²) in [6.07, 6.45) is 1.19. The van der Waals surface area contributed by atoms with Crippen LogP contribution < -0.4 is 10.0 Å². The highest BCUT2D eigenvalue weighted by molar-refractivity contribution is 7.92. The Hall–Kier alpha value is -1.86. The Bertz CT molecular complexity index is 715. The van der Waals surface area contributed by atoms with Crippen molar-refractivity contribution in [2.75, 3.05) is 16.6 Å². The predicted octanol–water partition coefficient (Wildman–Crippen LogP) is 3.11. The largest absolute Gasteiger partial charge is 0.370 e. The number of para-hydroxylation sites is 1. The van der Waals surface area contributed by atoms with E-state index in [9.17, 15) is 12.8 Å². The van der Waals surface area contributed by atoms with Crippen LogP contribution in [-0.2, 0) is 10.0 Å². The first-order chi connectivity index (χ1) is 9.94. The number of anilines is 2. The number of sulfonamides is 1. The zero-order valence-electron chi connectivity index (χ0n) is 11.1. The monoisotopic (exact) mass is 329 g/mol. The van der Waals surface area contributed by atoms with Crippen molar-refractivity contribution in [1.82, 2.24) is 4.98 Å². The zero-order chi connectivity index (χ0) is 15.5. The molecule has 0 amide bonds. The Morgan fingerprint density at radius 1 is 1.29 bits per heavy atom. The fourth-order valence-electron chi connectivity index (χ4n) is 1.61. The smallest absolute Gasteiger partial charge is 0.263 e. The molecule has 5 nitrogen and oxygen atoms in total. The van der Waals surface area contributed by atoms with Crippen LogP contribution in [0.15, 0.2) is 41.4 Å². The van der Waals surface area contributed by atoms with Crippen LogP contribution in [0.1, 0.15) is 6.92 Å². The van der Waals surface area contributed by atoms with E-state index in [2.05, 4.69) is 15.0 Å². The molecule has 0 saturated heterocycles. The third-order valence-corrected chi connectivity index (χ3v) is 4.25. The van der Waals surface area contributed by atoms with Gasteiger partial charge in [0.15, 0.2) is 0 Å². The third kappa shape index (κ3) is 3.62. The molecule has 0 radical (unpaired) electrons. The minimum absolute atomic E-state index is 0.0178. The highest BCUT2D eigenvalue weighted by Gasteiger charge is 2.18. The number of pyridine rings is 1. The predicted molar refractivity (Wildman–Crippen MR) is 80.6 cm³/mol. The molecule has 1 aromatic carbocycles. The maximum absolute atomic E-state index is 13.6. The Balaban J connectivity index is 2.30. The van der Waals surface area contributed by atoms with Gasteiger partial charge in [0.2, 0.25) is 0 Å². The summed E-state index contributed by atoms with van der Waals surface area (Å²) in [6.45, 7) is 2.57. The van der Waals surface area contributed by atoms with E-state index in [1.54, 1.807) is 0 Å². The van der Waals surface area contributed by atoms with Gasteiger partial charge >= 0.3 is 0 Å². The molecule has 8 heteroatoms. The second-order valence-corrected chi connectivity index (χ2v) is 6.20. The van der Waals surface area contributed by atoms with Crippen LogP contribution in [0.3, 0.4) is 0 Å². The van der Waals surface area contributed by atoms with Crippen molar-refractivity contribution < 1.29 is 12.8 Å². The van der Waals surface area contributed by atoms with E-state index in [1.807, 2.05) is 6.92 Å². The van der Waals surface area contributed by atoms with Gasteiger partial charge in [-0.05, 0) is 31.2 Å². The molecular formula is C13H13ClFN3O2S. The van der Waals surface area contributed by atoms with E-state index in [1.165, 1.54) is 30.5 Å². The molecule has 1 aromatic heterocycles. The van der Waals surface area contributed by atoms with E-state index in [0.717, 1.165) is 6.07 Å². The number of aromatic nitrogens is 1. The molecule has 0 fully saturated rings. The quantitative estimate of drug-likeness (QED) is 0.884. The molecule has 0 aliphatic carbocycles. The number of hydrogen-bond donors (Lipinski definition) is 2. The van der Waals surface area contributed by atoms with E-state index in [4.69, 9.17) is 11.6 Å². The van der Waals surface area contributed by atoms with Crippen LogP contribution in [0.2, 0.25) is 5.02 Å². The summed E-state index contributed by atoms with van der Waals surface area (Å²) in [4.78, 5) is 3.88. The van der Waals surface area contributed by atoms with Gasteiger partial charge in [0, 0.05) is 12.7 Å². The number of rotatable bonds is 5. The Kier molecular flexibility index (Phi) is 4.64. The topological polar surface area (TPSA) is 71.1 Å². The fraction of sp³-hybridized carbons (Fsp3) is 0.154. The number of benzene rings is 1. The number of halogens is 2. The van der Waals surface area contributed by atoms with Gasteiger partial charge in [-0.25, -0.2) is 17.8 Å². The van der Waals surface area contributed by atoms with Crippen LogP contribution in [0.25, 0.3) is 0 Å². The molecule has 1 heterocycles. The van der Waals surface area contributed by atoms with Crippen molar-refractivity contribution in [2.45, 2.75) is 11.8 Å². The highest BCUT2D eigenvalue weighted by atomic mass is 35.5. The maximum atomic E-state index is 13.6. The van der Waals surface area contributed by atoms with E-state index < -0.39 is 15.8 Å². The average molecular weight is 330 g/mol. The van der Waals surface area contributed by atoms with Gasteiger partial charge in [0.1, 0.15) is 22.2 Å². The highest BCUT2D eigenvalue weighted by Crippen LogP contribution is 2.27. The lowest BCUT2D eigenvalue weighted by Crippen LogP contribution is -2.15. The van der Waals surface area contributed by atoms with Gasteiger partial charge in [-0.3, -0.25) is 4.72 Å². The van der Waals surface area contributed by atoms with Crippen molar-refractivity contribution in [3.63, 3.8) is 0 Å². The normalized spacial score (nSPS) is 11.2. The molecule has 0 unspecified atom stereocenters. The molecule has 0 spiro atoms. The lowest BCUT2D eigenvalue weighted by Gasteiger charge is -2.10. The standard InChI is InChI=1S/C13H13ClFN3O2S/c1-2-16-12-7-6-9(8-17-12)21(19,20)18-13-10(14)4-3-5-11(13)15/h3-8,18H,2H2,1H3,(H,16,17). The Labute approximate surface area is 127 Å². The second kappa shape index (κ2) is 6.28. The minimum Gasteiger partial charge on any atom is -0.370 e. The summed E-state index contributed by atoms with van der Waals surface area (Å²) in [7, 11) is -3.95. The Morgan fingerprint density at radius 2 is 2.05 bits per heavy atom. The molecule has 0 aliphatic heterocycles. The van der Waals surface area contributed by atoms with Crippen LogP contribution in [-0.4, -0.2) is 19.9 Å². The third-order valence-electron chi connectivity index (χ3n) is 2.60. The first-order valence-electron chi connectivity index (χ1n) is 6.11. The molecule has 0 atom stereocenters. The number of nitrogens with one attached hydrogen (secondary N) is 2. The molecule has 0 aliphatic rings. The van der Waals surface area contributed by atoms with Crippen LogP contribution in [0.4, 0.5) is 15.9 Å². The summed E-state index contributed by atoms with van der Waals surface area (Å²) in [5, 5.41) is 2.93. The van der Waals surface area contributed by atoms with E-state index in [0.29, 0.717) is 12.4 Å². The fourth-order valence-corrected chi connectivity index (χ4v) is 2.91. The van der Waals surface area contributed by atoms with Gasteiger partial charge in [-0.1, -0.05) is 17.7 Å². The van der Waals surface area contributed by atoms with Crippen molar-refractivity contribution in [3.8, 4) is 0 Å². The SMILES string of the molecule is CCNc1ccc(S(=O)(=O)Nc2c(F)cccc2Cl)cn1. The van der Waals surface area contributed by atoms with Crippen LogP contribution in [0, 0.1) is 5.82 Å². The summed E-state index contributed by atoms with van der Waals surface area (Å²) in [5.41, 5.74) is -0.282. The lowest BCUT2D eigenvalue weighted by atomic mass is 10.3. The maximum Gasteiger partial charge on any atom is 0.263 e. The second-order valence-electron chi connectivity index (χ2n) is 4.11. The molecular weight excluding hydrogens is 317 g/mol. The summed E-state index contributed by atoms with van der Waals surface area (Å²) < 4.78 is 40.1. The van der Waals surface area contributed by atoms with Crippen molar-refractivity contribution in [3.05, 3.63) is 47.4 Å². The van der Waals surface area contributed by atoms with E-state index in [-0.39, 0.29) is 15.6 Å². The molecule has 112 valence electrons. The van der Waals surface area contributed by atoms with Gasteiger partial charge < -0.3 is 5.32 Å². The zero-order valence-corrected chi connectivity index (χ0v) is 12.7. The molecule has 0 bridgehead atoms. The summed E-state index contributed by atoms with van der Waals surface area (Å²) >= 11 is 5.80. The van der Waals surface area contributed by atoms with Gasteiger partial charge in [-0.2, -0.15) is 0 Å². The number of nitrogens with zero attached hydrogens (tertiary/aromatic N) is 1. The van der Waals surface area contributed by atoms with Gasteiger partial charge in [-0.15, -0.1) is 0 Å². The summed E-state index contributed by atoms with van der Waals surface area (Å²) in [5.74, 6) is -0.191. The van der Waals surface area contributed by atoms with Crippen molar-refractivity contribution in [2.24, 2.45) is 0 Å². The van der Waals surface area contributed by atoms with Crippen LogP contribution in [0.5, 0.6) is 0 Å².